The monoisotopic (exact) mass is 1190 g/mol. The van der Waals surface area contributed by atoms with E-state index in [1.165, 1.54) is 12.8 Å². The number of azo groups is 3. The molecule has 0 aliphatic carbocycles. The van der Waals surface area contributed by atoms with E-state index in [0.717, 1.165) is 24.6 Å². The van der Waals surface area contributed by atoms with Gasteiger partial charge >= 0.3 is 43.4 Å². The van der Waals surface area contributed by atoms with Crippen LogP contribution < -0.4 is 46.7 Å². The number of anilines is 5. The number of carbonyl (C=O) groups is 4. The molecular formula is C59H81LiN14O10S. The third kappa shape index (κ3) is 36.0. The molecule has 7 rings (SSSR count). The molecule has 1 aliphatic rings. The summed E-state index contributed by atoms with van der Waals surface area (Å²) in [5, 5.41) is 29.6. The molecule has 0 bridgehead atoms. The number of hydrogen-bond donors (Lipinski definition) is 6. The number of amides is 2. The molecule has 0 unspecified atom stereocenters. The van der Waals surface area contributed by atoms with Gasteiger partial charge in [0.15, 0.2) is 11.6 Å². The number of benzene rings is 3. The van der Waals surface area contributed by atoms with Gasteiger partial charge in [0.05, 0.1) is 22.8 Å². The summed E-state index contributed by atoms with van der Waals surface area (Å²) in [6, 6.07) is 38.1. The molecule has 26 heteroatoms. The number of nitrogens with zero attached hydrogens (tertiary/aromatic N) is 9. The van der Waals surface area contributed by atoms with Crippen LogP contribution in [0.4, 0.5) is 82.4 Å². The third-order valence-electron chi connectivity index (χ3n) is 9.00. The van der Waals surface area contributed by atoms with Crippen LogP contribution in [0.2, 0.25) is 0 Å². The fourth-order valence-electron chi connectivity index (χ4n) is 5.67. The van der Waals surface area contributed by atoms with Crippen LogP contribution in [0.3, 0.4) is 0 Å². The summed E-state index contributed by atoms with van der Waals surface area (Å²) in [4.78, 5) is 57.7. The Balaban J connectivity index is 0.00000109. The maximum Gasteiger partial charge on any atom is 1.00 e. The van der Waals surface area contributed by atoms with Crippen LogP contribution in [0.15, 0.2) is 158 Å². The predicted octanol–water partition coefficient (Wildman–Crippen LogP) is 13.6. The van der Waals surface area contributed by atoms with E-state index in [2.05, 4.69) is 73.6 Å². The number of nitrogens with one attached hydrogen (secondary N) is 2. The number of thiol groups is 1. The average molecular weight is 1190 g/mol. The Hall–Kier alpha value is -8.50. The van der Waals surface area contributed by atoms with Gasteiger partial charge in [-0.3, -0.25) is 10.6 Å². The van der Waals surface area contributed by atoms with Crippen LogP contribution in [0.25, 0.3) is 0 Å². The van der Waals surface area contributed by atoms with Gasteiger partial charge in [-0.1, -0.05) is 54.6 Å². The number of carbonyl (C=O) groups excluding carboxylic acids is 4. The second-order valence-electron chi connectivity index (χ2n) is 21.3. The molecule has 85 heavy (non-hydrogen) atoms. The Bertz CT molecular complexity index is 2930. The van der Waals surface area contributed by atoms with E-state index in [1.807, 2.05) is 91.0 Å². The average Bonchev–Trinajstić information content (AvgIpc) is 4.07. The fraction of sp³-hybridized carbons (Fsp3) is 0.373. The largest absolute Gasteiger partial charge is 1.00 e. The van der Waals surface area contributed by atoms with E-state index in [1.54, 1.807) is 126 Å². The van der Waals surface area contributed by atoms with Gasteiger partial charge in [-0.15, -0.1) is 15.3 Å². The number of ether oxygens (including phenoxy) is 6. The minimum atomic E-state index is -1.06. The summed E-state index contributed by atoms with van der Waals surface area (Å²) < 4.78 is 35.1. The summed E-state index contributed by atoms with van der Waals surface area (Å²) in [5.41, 5.74) is 18.9. The number of nitrogens with two attached hydrogens (primary N) is 3. The molecule has 2 amide bonds. The molecule has 0 atom stereocenters. The summed E-state index contributed by atoms with van der Waals surface area (Å²) in [5.74, 6) is 1.51. The summed E-state index contributed by atoms with van der Waals surface area (Å²) >= 11 is 3.46. The molecule has 8 N–H and O–H groups in total. The van der Waals surface area contributed by atoms with Crippen molar-refractivity contribution >= 4 is 100 Å². The van der Waals surface area contributed by atoms with Crippen LogP contribution in [0.5, 0.6) is 0 Å². The Morgan fingerprint density at radius 3 is 1.15 bits per heavy atom. The first-order valence-electron chi connectivity index (χ1n) is 26.8. The van der Waals surface area contributed by atoms with Gasteiger partial charge in [0, 0.05) is 14.6 Å². The van der Waals surface area contributed by atoms with Crippen LogP contribution in [-0.2, 0) is 28.4 Å². The van der Waals surface area contributed by atoms with Gasteiger partial charge < -0.3 is 47.0 Å². The zero-order valence-electron chi connectivity index (χ0n) is 52.9. The molecule has 3 aromatic carbocycles. The van der Waals surface area contributed by atoms with Gasteiger partial charge in [-0.25, -0.2) is 34.1 Å². The Morgan fingerprint density at radius 2 is 0.835 bits per heavy atom. The van der Waals surface area contributed by atoms with Crippen molar-refractivity contribution in [3.05, 3.63) is 133 Å². The minimum Gasteiger partial charge on any atom is -1.00 e. The number of nitrogen functional groups attached to an aromatic ring is 3. The normalized spacial score (nSPS) is 12.0. The molecule has 1 aliphatic heterocycles. The quantitative estimate of drug-likeness (QED) is 0.0206. The maximum atomic E-state index is 11.7. The first-order valence-corrected chi connectivity index (χ1v) is 26.7. The minimum absolute atomic E-state index is 0. The molecule has 0 radical (unpaired) electrons. The van der Waals surface area contributed by atoms with Crippen molar-refractivity contribution < 1.29 is 69.3 Å². The van der Waals surface area contributed by atoms with Gasteiger partial charge in [-0.05, 0) is 182 Å². The van der Waals surface area contributed by atoms with Crippen molar-refractivity contribution in [1.29, 1.82) is 0 Å². The fourth-order valence-corrected chi connectivity index (χ4v) is 5.67. The summed E-state index contributed by atoms with van der Waals surface area (Å²) in [6.07, 6.45) is -0.500. The number of hydrogen-bond acceptors (Lipinski definition) is 23. The predicted molar refractivity (Wildman–Crippen MR) is 332 cm³/mol. The number of aromatic nitrogens is 3. The molecule has 0 spiro atoms. The molecule has 454 valence electrons. The van der Waals surface area contributed by atoms with Crippen LogP contribution in [0, 0.1) is 6.92 Å². The molecule has 1 saturated heterocycles. The first kappa shape index (κ1) is 72.6. The standard InChI is InChI=1S/C17H20N4O2.C16H19N5O2.C11H11N5.C10H18O5.C4H8O.CH4S.Li.H/c1-12-14(21-20-13-8-6-5-7-9-13)10-11-15(18-12)19-16(22)23-17(2,3)4;1-16(2,3)23-15(22)19-13-10-9-12(14(17)18-13)21-20-11-7-5-4-6-8-11;12-10-7-6-9(11(13)14-10)16-15-8-4-2-1-3-5-8;1-9(2,3)14-7(11)13-8(12)15-10(4,5)6;1-2-4-5-3-1;1-2;;/h5-11H,1-4H3,(H,18,19,22);4-10H,1-3H3,(H3,17,18,19,22);1-7H,(H4,12,13,14);1-6H3;1-4H2;2H,1H3;;/q;;;;;;+1;-1/i;;;;;1D;;. The van der Waals surface area contributed by atoms with E-state index in [4.69, 9.17) is 42.3 Å². The van der Waals surface area contributed by atoms with Crippen LogP contribution in [-0.4, -0.2) is 81.3 Å². The zero-order valence-corrected chi connectivity index (χ0v) is 51.8. The van der Waals surface area contributed by atoms with Crippen molar-refractivity contribution in [3.8, 4) is 0 Å². The Kier molecular flexibility index (Phi) is 32.2. The molecular weight excluding hydrogens is 1100 g/mol. The molecule has 0 saturated carbocycles. The molecule has 24 nitrogen and oxygen atoms in total. The van der Waals surface area contributed by atoms with Gasteiger partial charge in [-0.2, -0.15) is 28.0 Å². The van der Waals surface area contributed by atoms with E-state index >= 15 is 0 Å². The second-order valence-corrected chi connectivity index (χ2v) is 21.3. The number of pyridine rings is 3. The van der Waals surface area contributed by atoms with E-state index in [0.29, 0.717) is 40.1 Å². The molecule has 1 fully saturated rings. The van der Waals surface area contributed by atoms with Crippen molar-refractivity contribution in [2.45, 2.75) is 125 Å². The summed E-state index contributed by atoms with van der Waals surface area (Å²) in [6.45, 7) is 24.6. The second kappa shape index (κ2) is 37.6. The SMILES string of the molecule is C1CCOC1.CC(C)(C)OC(=O)Nc1ccc(N=Nc2ccccc2)c(N)n1.CC(C)(C)OC(=O)OC(=O)OC(C)(C)C.Cc1nc(NC(=O)OC(C)(C)C)ccc1N=Nc1ccccc1.Nc1ccc(N=Nc2ccccc2)c(N)n1.[2H]CS.[H-].[Li+]. The van der Waals surface area contributed by atoms with Gasteiger partial charge in [0.25, 0.3) is 0 Å². The van der Waals surface area contributed by atoms with Crippen molar-refractivity contribution in [1.82, 2.24) is 15.0 Å². The van der Waals surface area contributed by atoms with E-state index < -0.39 is 46.9 Å². The van der Waals surface area contributed by atoms with Gasteiger partial charge in [0.2, 0.25) is 0 Å². The molecule has 3 aromatic heterocycles. The first-order chi connectivity index (χ1) is 39.8. The van der Waals surface area contributed by atoms with Crippen molar-refractivity contribution in [2.24, 2.45) is 30.7 Å². The Labute approximate surface area is 518 Å². The zero-order chi connectivity index (χ0) is 63.6. The van der Waals surface area contributed by atoms with Crippen LogP contribution in [0.1, 0.15) is 104 Å². The smallest absolute Gasteiger partial charge is 1.00 e. The molecule has 6 aromatic rings. The van der Waals surface area contributed by atoms with Gasteiger partial charge in [0.1, 0.15) is 56.9 Å². The van der Waals surface area contributed by atoms with Crippen molar-refractivity contribution in [2.75, 3.05) is 47.3 Å². The van der Waals surface area contributed by atoms with Crippen molar-refractivity contribution in [3.63, 3.8) is 0 Å². The third-order valence-corrected chi connectivity index (χ3v) is 9.00. The van der Waals surface area contributed by atoms with E-state index in [9.17, 15) is 19.2 Å². The van der Waals surface area contributed by atoms with Crippen LogP contribution >= 0.6 is 12.6 Å². The van der Waals surface area contributed by atoms with E-state index in [-0.39, 0.29) is 44.0 Å². The molecule has 4 heterocycles. The summed E-state index contributed by atoms with van der Waals surface area (Å²) in [7, 11) is 0. The number of aryl methyl sites for hydroxylation is 1. The maximum absolute atomic E-state index is 11.7. The topological polar surface area (TPSA) is 339 Å². The number of rotatable bonds is 8. The Morgan fingerprint density at radius 1 is 0.506 bits per heavy atom.